The third-order valence-electron chi connectivity index (χ3n) is 1.91. The number of hydrogen-bond acceptors (Lipinski definition) is 3. The first kappa shape index (κ1) is 13.5. The van der Waals surface area contributed by atoms with Gasteiger partial charge in [-0.25, -0.2) is 4.79 Å². The first-order valence-corrected chi connectivity index (χ1v) is 4.90. The van der Waals surface area contributed by atoms with Gasteiger partial charge in [0.1, 0.15) is 0 Å². The number of methoxy groups -OCH3 is 1. The van der Waals surface area contributed by atoms with Crippen LogP contribution in [0.4, 0.5) is 0 Å². The Kier molecular flexibility index (Phi) is 6.18. The van der Waals surface area contributed by atoms with Crippen molar-refractivity contribution in [2.24, 2.45) is 5.73 Å². The minimum Gasteiger partial charge on any atom is -0.465 e. The molecule has 0 aromatic heterocycles. The number of allylic oxidation sites excluding steroid dienone is 4. The van der Waals surface area contributed by atoms with Gasteiger partial charge in [-0.3, -0.25) is 0 Å². The molecule has 0 fully saturated rings. The third-order valence-corrected chi connectivity index (χ3v) is 1.91. The smallest absolute Gasteiger partial charge is 0.337 e. The zero-order valence-electron chi connectivity index (χ0n) is 9.83. The van der Waals surface area contributed by atoms with Crippen LogP contribution in [0.1, 0.15) is 27.2 Å². The van der Waals surface area contributed by atoms with Crippen LogP contribution < -0.4 is 5.73 Å². The van der Waals surface area contributed by atoms with Crippen LogP contribution in [0.3, 0.4) is 0 Å². The minimum atomic E-state index is -0.347. The number of nitrogens with two attached hydrogens (primary N) is 1. The zero-order chi connectivity index (χ0) is 11.8. The van der Waals surface area contributed by atoms with Gasteiger partial charge < -0.3 is 10.5 Å². The lowest BCUT2D eigenvalue weighted by Crippen LogP contribution is -2.03. The van der Waals surface area contributed by atoms with E-state index in [1.165, 1.54) is 7.11 Å². The topological polar surface area (TPSA) is 52.3 Å². The van der Waals surface area contributed by atoms with Gasteiger partial charge in [0.25, 0.3) is 0 Å². The van der Waals surface area contributed by atoms with Crippen molar-refractivity contribution in [1.82, 2.24) is 0 Å². The highest BCUT2D eigenvalue weighted by molar-refractivity contribution is 5.92. The molecule has 0 radical (unpaired) electrons. The highest BCUT2D eigenvalue weighted by atomic mass is 16.5. The van der Waals surface area contributed by atoms with Crippen LogP contribution in [0.5, 0.6) is 0 Å². The molecule has 0 saturated carbocycles. The molecule has 2 N–H and O–H groups in total. The summed E-state index contributed by atoms with van der Waals surface area (Å²) in [6.45, 7) is 5.77. The molecule has 84 valence electrons. The van der Waals surface area contributed by atoms with E-state index in [2.05, 4.69) is 4.74 Å². The Morgan fingerprint density at radius 2 is 1.93 bits per heavy atom. The molecule has 0 bridgehead atoms. The minimum absolute atomic E-state index is 0.347. The van der Waals surface area contributed by atoms with Crippen LogP contribution in [0.2, 0.25) is 0 Å². The van der Waals surface area contributed by atoms with Crippen molar-refractivity contribution in [2.45, 2.75) is 27.2 Å². The average Bonchev–Trinajstić information content (AvgIpc) is 2.22. The third kappa shape index (κ3) is 5.73. The highest BCUT2D eigenvalue weighted by Gasteiger charge is 2.05. The number of esters is 1. The standard InChI is InChI=1S/C12H19NO2/c1-5-9(2)8-11(12(14)15-4)7-6-10(3)13/h6-8H,5,13H2,1-4H3/b9-8+,10-6+,11-7+. The number of rotatable bonds is 4. The molecule has 0 atom stereocenters. The number of hydrogen-bond donors (Lipinski definition) is 1. The summed E-state index contributed by atoms with van der Waals surface area (Å²) in [5.41, 5.74) is 7.78. The SMILES string of the molecule is CC/C(C)=C/C(=C\C=C(/C)N)C(=O)OC. The summed E-state index contributed by atoms with van der Waals surface area (Å²) >= 11 is 0. The fraction of sp³-hybridized carbons (Fsp3) is 0.417. The fourth-order valence-corrected chi connectivity index (χ4v) is 0.882. The normalized spacial score (nSPS) is 14.0. The van der Waals surface area contributed by atoms with Gasteiger partial charge >= 0.3 is 5.97 Å². The van der Waals surface area contributed by atoms with E-state index in [-0.39, 0.29) is 5.97 Å². The monoisotopic (exact) mass is 209 g/mol. The van der Waals surface area contributed by atoms with Crippen LogP contribution in [0.25, 0.3) is 0 Å². The van der Waals surface area contributed by atoms with Crippen LogP contribution in [0, 0.1) is 0 Å². The summed E-state index contributed by atoms with van der Waals surface area (Å²) in [5, 5.41) is 0. The Bertz CT molecular complexity index is 308. The predicted octanol–water partition coefficient (Wildman–Crippen LogP) is 2.30. The van der Waals surface area contributed by atoms with Crippen molar-refractivity contribution in [2.75, 3.05) is 7.11 Å². The lowest BCUT2D eigenvalue weighted by atomic mass is 10.1. The molecule has 3 heteroatoms. The Balaban J connectivity index is 4.98. The quantitative estimate of drug-likeness (QED) is 0.439. The molecule has 0 saturated heterocycles. The molecule has 15 heavy (non-hydrogen) atoms. The Hall–Kier alpha value is -1.51. The molecular formula is C12H19NO2. The highest BCUT2D eigenvalue weighted by Crippen LogP contribution is 2.08. The molecule has 0 heterocycles. The van der Waals surface area contributed by atoms with Crippen LogP contribution in [0.15, 0.2) is 35.1 Å². The summed E-state index contributed by atoms with van der Waals surface area (Å²) in [6.07, 6.45) is 6.07. The second kappa shape index (κ2) is 6.87. The Labute approximate surface area is 91.3 Å². The van der Waals surface area contributed by atoms with Crippen LogP contribution >= 0.6 is 0 Å². The van der Waals surface area contributed by atoms with E-state index in [1.807, 2.05) is 19.9 Å². The summed E-state index contributed by atoms with van der Waals surface area (Å²) in [5.74, 6) is -0.347. The van der Waals surface area contributed by atoms with Gasteiger partial charge in [0.05, 0.1) is 12.7 Å². The number of carbonyl (C=O) groups is 1. The second-order valence-electron chi connectivity index (χ2n) is 3.37. The molecule has 0 rings (SSSR count). The van der Waals surface area contributed by atoms with Crippen molar-refractivity contribution < 1.29 is 9.53 Å². The van der Waals surface area contributed by atoms with Crippen LogP contribution in [-0.2, 0) is 9.53 Å². The van der Waals surface area contributed by atoms with Gasteiger partial charge in [0.15, 0.2) is 0 Å². The average molecular weight is 209 g/mol. The van der Waals surface area contributed by atoms with Gasteiger partial charge in [-0.05, 0) is 38.5 Å². The molecule has 0 spiro atoms. The van der Waals surface area contributed by atoms with E-state index in [4.69, 9.17) is 5.73 Å². The summed E-state index contributed by atoms with van der Waals surface area (Å²) < 4.78 is 4.67. The molecule has 0 amide bonds. The van der Waals surface area contributed by atoms with Gasteiger partial charge in [-0.1, -0.05) is 12.5 Å². The largest absolute Gasteiger partial charge is 0.465 e. The van der Waals surface area contributed by atoms with Gasteiger partial charge in [-0.2, -0.15) is 0 Å². The van der Waals surface area contributed by atoms with Crippen molar-refractivity contribution in [3.63, 3.8) is 0 Å². The maximum Gasteiger partial charge on any atom is 0.337 e. The molecule has 3 nitrogen and oxygen atoms in total. The summed E-state index contributed by atoms with van der Waals surface area (Å²) in [6, 6.07) is 0. The van der Waals surface area contributed by atoms with E-state index in [0.717, 1.165) is 12.0 Å². The first-order valence-electron chi connectivity index (χ1n) is 4.90. The molecule has 0 aliphatic rings. The van der Waals surface area contributed by atoms with Crippen molar-refractivity contribution in [1.29, 1.82) is 0 Å². The van der Waals surface area contributed by atoms with E-state index in [0.29, 0.717) is 11.3 Å². The van der Waals surface area contributed by atoms with Gasteiger partial charge in [0.2, 0.25) is 0 Å². The van der Waals surface area contributed by atoms with E-state index < -0.39 is 0 Å². The molecule has 0 aromatic carbocycles. The van der Waals surface area contributed by atoms with Crippen molar-refractivity contribution in [3.8, 4) is 0 Å². The van der Waals surface area contributed by atoms with E-state index in [9.17, 15) is 4.79 Å². The van der Waals surface area contributed by atoms with Crippen LogP contribution in [-0.4, -0.2) is 13.1 Å². The number of carbonyl (C=O) groups excluding carboxylic acids is 1. The summed E-state index contributed by atoms with van der Waals surface area (Å²) in [4.78, 5) is 11.4. The Morgan fingerprint density at radius 1 is 1.33 bits per heavy atom. The molecule has 0 aliphatic carbocycles. The first-order chi connectivity index (χ1) is 7.01. The number of ether oxygens (including phenoxy) is 1. The van der Waals surface area contributed by atoms with E-state index >= 15 is 0 Å². The predicted molar refractivity (Wildman–Crippen MR) is 62.1 cm³/mol. The molecule has 0 unspecified atom stereocenters. The molecule has 0 aliphatic heterocycles. The fourth-order valence-electron chi connectivity index (χ4n) is 0.882. The maximum atomic E-state index is 11.4. The van der Waals surface area contributed by atoms with Gasteiger partial charge in [0, 0.05) is 5.70 Å². The molecule has 0 aromatic rings. The lowest BCUT2D eigenvalue weighted by molar-refractivity contribution is -0.135. The van der Waals surface area contributed by atoms with Crippen molar-refractivity contribution in [3.05, 3.63) is 35.1 Å². The maximum absolute atomic E-state index is 11.4. The van der Waals surface area contributed by atoms with Gasteiger partial charge in [-0.15, -0.1) is 0 Å². The van der Waals surface area contributed by atoms with E-state index in [1.54, 1.807) is 19.1 Å². The zero-order valence-corrected chi connectivity index (χ0v) is 9.83. The lowest BCUT2D eigenvalue weighted by Gasteiger charge is -2.01. The molecular weight excluding hydrogens is 190 g/mol. The van der Waals surface area contributed by atoms with Crippen molar-refractivity contribution >= 4 is 5.97 Å². The Morgan fingerprint density at radius 3 is 2.33 bits per heavy atom. The second-order valence-corrected chi connectivity index (χ2v) is 3.37. The summed E-state index contributed by atoms with van der Waals surface area (Å²) in [7, 11) is 1.37.